The zero-order chi connectivity index (χ0) is 24.9. The van der Waals surface area contributed by atoms with Crippen LogP contribution in [0.2, 0.25) is 0 Å². The first-order chi connectivity index (χ1) is 16.7. The molecule has 0 spiro atoms. The number of halogens is 5. The molecular weight excluding hydrogens is 467 g/mol. The van der Waals surface area contributed by atoms with Crippen LogP contribution in [-0.2, 0) is 11.4 Å². The fourth-order valence-corrected chi connectivity index (χ4v) is 6.64. The minimum Gasteiger partial charge on any atom is -0.496 e. The van der Waals surface area contributed by atoms with Gasteiger partial charge in [-0.05, 0) is 80.1 Å². The highest BCUT2D eigenvalue weighted by atomic mass is 19.2. The smallest absolute Gasteiger partial charge is 0.207 e. The van der Waals surface area contributed by atoms with Gasteiger partial charge in [0.05, 0.1) is 7.11 Å². The van der Waals surface area contributed by atoms with Crippen LogP contribution in [0.1, 0.15) is 49.7 Å². The van der Waals surface area contributed by atoms with Crippen LogP contribution < -0.4 is 9.47 Å². The Morgan fingerprint density at radius 3 is 2.00 bits per heavy atom. The second-order valence-corrected chi connectivity index (χ2v) is 10.2. The Morgan fingerprint density at radius 1 is 0.914 bits per heavy atom. The molecule has 0 N–H and O–H groups in total. The van der Waals surface area contributed by atoms with Gasteiger partial charge in [0, 0.05) is 11.0 Å². The number of methoxy groups -OCH3 is 1. The van der Waals surface area contributed by atoms with Gasteiger partial charge in [0.25, 0.3) is 0 Å². The normalized spacial score (nSPS) is 27.0. The molecule has 0 radical (unpaired) electrons. The van der Waals surface area contributed by atoms with E-state index in [0.717, 1.165) is 19.3 Å². The predicted molar refractivity (Wildman–Crippen MR) is 118 cm³/mol. The van der Waals surface area contributed by atoms with Crippen molar-refractivity contribution in [3.8, 4) is 11.5 Å². The number of carbonyl (C=O) groups is 1. The van der Waals surface area contributed by atoms with Crippen LogP contribution in [0.5, 0.6) is 11.5 Å². The van der Waals surface area contributed by atoms with Crippen LogP contribution in [0.3, 0.4) is 0 Å². The van der Waals surface area contributed by atoms with Gasteiger partial charge in [-0.2, -0.15) is 8.78 Å². The lowest BCUT2D eigenvalue weighted by molar-refractivity contribution is -0.138. The number of ketones is 1. The van der Waals surface area contributed by atoms with Gasteiger partial charge in [-0.15, -0.1) is 0 Å². The number of rotatable bonds is 7. The van der Waals surface area contributed by atoms with Crippen molar-refractivity contribution >= 4 is 11.9 Å². The Kier molecular flexibility index (Phi) is 6.09. The summed E-state index contributed by atoms with van der Waals surface area (Å²) < 4.78 is 78.4. The molecule has 3 nitrogen and oxygen atoms in total. The summed E-state index contributed by atoms with van der Waals surface area (Å²) in [6.45, 7) is -0.508. The van der Waals surface area contributed by atoms with E-state index in [-0.39, 0.29) is 11.2 Å². The quantitative estimate of drug-likeness (QED) is 0.185. The molecule has 0 aliphatic heterocycles. The molecule has 4 saturated carbocycles. The first-order valence-corrected chi connectivity index (χ1v) is 11.7. The Hall–Kier alpha value is -2.90. The highest BCUT2D eigenvalue weighted by molar-refractivity contribution is 5.98. The van der Waals surface area contributed by atoms with Crippen molar-refractivity contribution in [3.05, 3.63) is 64.5 Å². The Morgan fingerprint density at radius 2 is 1.46 bits per heavy atom. The summed E-state index contributed by atoms with van der Waals surface area (Å²) in [6, 6.07) is 4.89. The molecule has 0 atom stereocenters. The van der Waals surface area contributed by atoms with Crippen LogP contribution in [0, 0.1) is 52.3 Å². The molecule has 8 heteroatoms. The first-order valence-electron chi connectivity index (χ1n) is 11.7. The molecule has 0 saturated heterocycles. The Bertz CT molecular complexity index is 1140. The van der Waals surface area contributed by atoms with Gasteiger partial charge in [0.15, 0.2) is 11.5 Å². The van der Waals surface area contributed by atoms with Crippen molar-refractivity contribution in [2.45, 2.75) is 45.1 Å². The van der Waals surface area contributed by atoms with Crippen LogP contribution in [0.25, 0.3) is 6.08 Å². The summed E-state index contributed by atoms with van der Waals surface area (Å²) >= 11 is 0. The maximum absolute atomic E-state index is 14.0. The summed E-state index contributed by atoms with van der Waals surface area (Å²) in [5.41, 5.74) is 0.677. The number of ether oxygens (including phenoxy) is 2. The fourth-order valence-electron chi connectivity index (χ4n) is 6.64. The van der Waals surface area contributed by atoms with Crippen molar-refractivity contribution in [2.24, 2.45) is 23.2 Å². The van der Waals surface area contributed by atoms with Crippen molar-refractivity contribution in [3.63, 3.8) is 0 Å². The second-order valence-electron chi connectivity index (χ2n) is 10.2. The lowest BCUT2D eigenvalue weighted by Crippen LogP contribution is -2.49. The fraction of sp³-hybridized carbons (Fsp3) is 0.444. The summed E-state index contributed by atoms with van der Waals surface area (Å²) in [4.78, 5) is 13.2. The topological polar surface area (TPSA) is 35.5 Å². The van der Waals surface area contributed by atoms with Gasteiger partial charge in [-0.25, -0.2) is 13.2 Å². The number of hydrogen-bond acceptors (Lipinski definition) is 3. The number of benzene rings is 2. The van der Waals surface area contributed by atoms with E-state index in [0.29, 0.717) is 34.6 Å². The van der Waals surface area contributed by atoms with E-state index in [1.54, 1.807) is 30.4 Å². The molecule has 4 aliphatic rings. The lowest BCUT2D eigenvalue weighted by atomic mass is 9.48. The molecule has 0 aromatic heterocycles. The predicted octanol–water partition coefficient (Wildman–Crippen LogP) is 6.77. The second kappa shape index (κ2) is 8.95. The number of allylic oxidation sites excluding steroid dienone is 1. The van der Waals surface area contributed by atoms with E-state index >= 15 is 0 Å². The van der Waals surface area contributed by atoms with Gasteiger partial charge in [0.1, 0.15) is 12.4 Å². The molecule has 35 heavy (non-hydrogen) atoms. The molecule has 4 bridgehead atoms. The highest BCUT2D eigenvalue weighted by Crippen LogP contribution is 2.60. The number of carbonyl (C=O) groups excluding carboxylic acids is 1. The van der Waals surface area contributed by atoms with Gasteiger partial charge < -0.3 is 9.47 Å². The van der Waals surface area contributed by atoms with Crippen molar-refractivity contribution < 1.29 is 36.2 Å². The van der Waals surface area contributed by atoms with Gasteiger partial charge in [-0.1, -0.05) is 12.1 Å². The first kappa shape index (κ1) is 23.8. The van der Waals surface area contributed by atoms with Crippen molar-refractivity contribution in [1.29, 1.82) is 0 Å². The van der Waals surface area contributed by atoms with Crippen molar-refractivity contribution in [1.82, 2.24) is 0 Å². The van der Waals surface area contributed by atoms with Crippen LogP contribution in [-0.4, -0.2) is 12.9 Å². The summed E-state index contributed by atoms with van der Waals surface area (Å²) in [5, 5.41) is 0. The third-order valence-corrected chi connectivity index (χ3v) is 7.83. The van der Waals surface area contributed by atoms with Crippen LogP contribution >= 0.6 is 0 Å². The Labute approximate surface area is 199 Å². The maximum Gasteiger partial charge on any atom is 0.207 e. The third-order valence-electron chi connectivity index (χ3n) is 7.83. The average Bonchev–Trinajstić information content (AvgIpc) is 2.84. The molecule has 0 amide bonds. The molecule has 2 aromatic carbocycles. The van der Waals surface area contributed by atoms with Crippen LogP contribution in [0.15, 0.2) is 24.3 Å². The number of hydrogen-bond donors (Lipinski definition) is 0. The molecule has 0 heterocycles. The molecule has 0 unspecified atom stereocenters. The van der Waals surface area contributed by atoms with Crippen LogP contribution in [0.4, 0.5) is 22.0 Å². The molecule has 2 aromatic rings. The largest absolute Gasteiger partial charge is 0.496 e. The monoisotopic (exact) mass is 492 g/mol. The van der Waals surface area contributed by atoms with E-state index in [1.165, 1.54) is 26.4 Å². The average molecular weight is 492 g/mol. The van der Waals surface area contributed by atoms with Gasteiger partial charge >= 0.3 is 0 Å². The standard InChI is InChI=1S/C27H25F5O3/c1-34-19-4-2-14(3-5-20(33)27-10-15-6-16(11-27)8-17(7-15)12-27)9-18(19)13-35-26-24(31)22(29)21(28)23(30)25(26)32/h2-5,9,15-17H,6-8,10-13H2,1H3/b5-3+. The summed E-state index contributed by atoms with van der Waals surface area (Å²) in [6.07, 6.45) is 9.85. The highest BCUT2D eigenvalue weighted by Gasteiger charge is 2.53. The SMILES string of the molecule is COc1ccc(/C=C/C(=O)C23CC4CC(CC(C4)C2)C3)cc1COc1c(F)c(F)c(F)c(F)c1F. The van der Waals surface area contributed by atoms with E-state index in [2.05, 4.69) is 0 Å². The van der Waals surface area contributed by atoms with E-state index in [1.807, 2.05) is 0 Å². The minimum atomic E-state index is -2.25. The third kappa shape index (κ3) is 4.21. The minimum absolute atomic E-state index is 0.131. The Balaban J connectivity index is 1.34. The zero-order valence-corrected chi connectivity index (χ0v) is 19.2. The van der Waals surface area contributed by atoms with Gasteiger partial charge in [-0.3, -0.25) is 4.79 Å². The maximum atomic E-state index is 14.0. The van der Waals surface area contributed by atoms with E-state index < -0.39 is 41.4 Å². The lowest BCUT2D eigenvalue weighted by Gasteiger charge is -2.55. The van der Waals surface area contributed by atoms with E-state index in [9.17, 15) is 26.7 Å². The summed E-state index contributed by atoms with van der Waals surface area (Å²) in [7, 11) is 1.38. The summed E-state index contributed by atoms with van der Waals surface area (Å²) in [5.74, 6) is -9.49. The molecule has 6 rings (SSSR count). The molecule has 4 fully saturated rings. The van der Waals surface area contributed by atoms with Crippen molar-refractivity contribution in [2.75, 3.05) is 7.11 Å². The molecule has 4 aliphatic carbocycles. The zero-order valence-electron chi connectivity index (χ0n) is 19.2. The van der Waals surface area contributed by atoms with E-state index in [4.69, 9.17) is 9.47 Å². The molecule has 186 valence electrons. The van der Waals surface area contributed by atoms with Gasteiger partial charge in [0.2, 0.25) is 29.1 Å². The molecular formula is C27H25F5O3.